The molecular formula is C11H15N5O3S. The lowest BCUT2D eigenvalue weighted by molar-refractivity contribution is 0.326. The van der Waals surface area contributed by atoms with Crippen LogP contribution in [0.25, 0.3) is 0 Å². The summed E-state index contributed by atoms with van der Waals surface area (Å²) in [5.41, 5.74) is 0.550. The normalized spacial score (nSPS) is 11.3. The summed E-state index contributed by atoms with van der Waals surface area (Å²) in [5.74, 6) is 0.353. The van der Waals surface area contributed by atoms with Crippen molar-refractivity contribution in [2.24, 2.45) is 7.05 Å². The van der Waals surface area contributed by atoms with E-state index in [1.807, 2.05) is 0 Å². The van der Waals surface area contributed by atoms with E-state index in [0.717, 1.165) is 0 Å². The van der Waals surface area contributed by atoms with Crippen LogP contribution in [-0.2, 0) is 17.1 Å². The van der Waals surface area contributed by atoms with Crippen LogP contribution in [0.4, 0.5) is 5.82 Å². The molecule has 0 saturated carbocycles. The Labute approximate surface area is 116 Å². The fourth-order valence-electron chi connectivity index (χ4n) is 1.72. The van der Waals surface area contributed by atoms with Gasteiger partial charge in [0.15, 0.2) is 10.8 Å². The third kappa shape index (κ3) is 2.87. The zero-order chi connectivity index (χ0) is 14.8. The van der Waals surface area contributed by atoms with Crippen molar-refractivity contribution in [2.45, 2.75) is 18.9 Å². The van der Waals surface area contributed by atoms with E-state index >= 15 is 0 Å². The van der Waals surface area contributed by atoms with Gasteiger partial charge in [-0.15, -0.1) is 0 Å². The monoisotopic (exact) mass is 297 g/mol. The lowest BCUT2D eigenvalue weighted by atomic mass is 10.4. The third-order valence-electron chi connectivity index (χ3n) is 2.45. The van der Waals surface area contributed by atoms with Crippen LogP contribution >= 0.6 is 0 Å². The van der Waals surface area contributed by atoms with Gasteiger partial charge in [-0.3, -0.25) is 14.4 Å². The van der Waals surface area contributed by atoms with E-state index in [0.29, 0.717) is 12.2 Å². The van der Waals surface area contributed by atoms with Crippen molar-refractivity contribution < 1.29 is 13.2 Å². The number of anilines is 1. The van der Waals surface area contributed by atoms with Gasteiger partial charge in [-0.2, -0.15) is 18.5 Å². The van der Waals surface area contributed by atoms with Crippen molar-refractivity contribution in [1.82, 2.24) is 19.7 Å². The minimum absolute atomic E-state index is 0.0844. The number of ether oxygens (including phenoxy) is 1. The Bertz CT molecular complexity index is 691. The molecular weight excluding hydrogens is 282 g/mol. The van der Waals surface area contributed by atoms with Crippen LogP contribution in [-0.4, -0.2) is 34.8 Å². The summed E-state index contributed by atoms with van der Waals surface area (Å²) in [5, 5.41) is 3.99. The van der Waals surface area contributed by atoms with Crippen LogP contribution in [0.2, 0.25) is 0 Å². The van der Waals surface area contributed by atoms with Crippen LogP contribution in [0.5, 0.6) is 5.88 Å². The second-order valence-corrected chi connectivity index (χ2v) is 5.64. The molecule has 0 aliphatic heterocycles. The highest BCUT2D eigenvalue weighted by Crippen LogP contribution is 2.18. The van der Waals surface area contributed by atoms with E-state index < -0.39 is 10.0 Å². The van der Waals surface area contributed by atoms with Crippen molar-refractivity contribution >= 4 is 15.8 Å². The van der Waals surface area contributed by atoms with E-state index in [2.05, 4.69) is 19.8 Å². The van der Waals surface area contributed by atoms with Gasteiger partial charge in [-0.05, 0) is 13.8 Å². The second kappa shape index (κ2) is 5.45. The number of nitrogens with zero attached hydrogens (tertiary/aromatic N) is 4. The van der Waals surface area contributed by atoms with Gasteiger partial charge in [0.1, 0.15) is 0 Å². The van der Waals surface area contributed by atoms with E-state index in [1.54, 1.807) is 20.9 Å². The third-order valence-corrected chi connectivity index (χ3v) is 4.03. The Hall–Kier alpha value is -2.16. The summed E-state index contributed by atoms with van der Waals surface area (Å²) in [7, 11) is -2.21. The summed E-state index contributed by atoms with van der Waals surface area (Å²) in [6.07, 6.45) is 4.21. The summed E-state index contributed by atoms with van der Waals surface area (Å²) in [4.78, 5) is 7.89. The van der Waals surface area contributed by atoms with Crippen LogP contribution in [0.3, 0.4) is 0 Å². The van der Waals surface area contributed by atoms with Crippen molar-refractivity contribution in [3.63, 3.8) is 0 Å². The second-order valence-electron chi connectivity index (χ2n) is 4.04. The van der Waals surface area contributed by atoms with E-state index in [9.17, 15) is 8.42 Å². The molecule has 0 fully saturated rings. The van der Waals surface area contributed by atoms with E-state index in [4.69, 9.17) is 4.74 Å². The number of rotatable bonds is 5. The number of hydrogen-bond acceptors (Lipinski definition) is 6. The number of sulfonamides is 1. The first kappa shape index (κ1) is 14.3. The molecule has 1 N–H and O–H groups in total. The van der Waals surface area contributed by atoms with Crippen molar-refractivity contribution in [2.75, 3.05) is 11.3 Å². The molecule has 0 bridgehead atoms. The molecule has 0 atom stereocenters. The van der Waals surface area contributed by atoms with Crippen LogP contribution < -0.4 is 9.46 Å². The molecule has 0 aliphatic rings. The number of aromatic nitrogens is 4. The topological polar surface area (TPSA) is 99.0 Å². The highest BCUT2D eigenvalue weighted by molar-refractivity contribution is 7.92. The molecule has 8 nitrogen and oxygen atoms in total. The Kier molecular flexibility index (Phi) is 3.89. The first-order valence-electron chi connectivity index (χ1n) is 5.90. The molecule has 2 aromatic heterocycles. The minimum Gasteiger partial charge on any atom is -0.477 e. The van der Waals surface area contributed by atoms with Gasteiger partial charge in [0.05, 0.1) is 25.2 Å². The first-order valence-corrected chi connectivity index (χ1v) is 7.38. The zero-order valence-electron chi connectivity index (χ0n) is 11.4. The maximum absolute atomic E-state index is 12.3. The molecule has 108 valence electrons. The van der Waals surface area contributed by atoms with E-state index in [1.165, 1.54) is 23.3 Å². The zero-order valence-corrected chi connectivity index (χ0v) is 12.2. The maximum atomic E-state index is 12.3. The molecule has 2 rings (SSSR count). The number of hydrogen-bond donors (Lipinski definition) is 1. The van der Waals surface area contributed by atoms with Gasteiger partial charge in [0.2, 0.25) is 5.88 Å². The van der Waals surface area contributed by atoms with Gasteiger partial charge in [-0.25, -0.2) is 0 Å². The lowest BCUT2D eigenvalue weighted by Gasteiger charge is -2.09. The van der Waals surface area contributed by atoms with Crippen molar-refractivity contribution in [3.8, 4) is 5.88 Å². The average molecular weight is 297 g/mol. The fourth-order valence-corrected chi connectivity index (χ4v) is 3.06. The molecule has 2 aromatic rings. The summed E-state index contributed by atoms with van der Waals surface area (Å²) < 4.78 is 33.4. The lowest BCUT2D eigenvalue weighted by Crippen LogP contribution is -2.18. The average Bonchev–Trinajstić information content (AvgIpc) is 2.70. The predicted octanol–water partition coefficient (Wildman–Crippen LogP) is 0.718. The van der Waals surface area contributed by atoms with E-state index in [-0.39, 0.29) is 16.7 Å². The first-order chi connectivity index (χ1) is 9.44. The fraction of sp³-hybridized carbons (Fsp3) is 0.364. The van der Waals surface area contributed by atoms with Gasteiger partial charge in [0, 0.05) is 12.6 Å². The summed E-state index contributed by atoms with van der Waals surface area (Å²) in [6, 6.07) is 0. The maximum Gasteiger partial charge on any atom is 0.280 e. The molecule has 0 unspecified atom stereocenters. The van der Waals surface area contributed by atoms with Gasteiger partial charge >= 0.3 is 0 Å². The highest BCUT2D eigenvalue weighted by Gasteiger charge is 2.22. The molecule has 2 heterocycles. The van der Waals surface area contributed by atoms with Gasteiger partial charge in [-0.1, -0.05) is 0 Å². The SMILES string of the molecule is CCOc1cncc(NS(=O)(=O)c2c(C)cnn2C)n1. The van der Waals surface area contributed by atoms with Gasteiger partial charge < -0.3 is 4.74 Å². The van der Waals surface area contributed by atoms with Crippen molar-refractivity contribution in [1.29, 1.82) is 0 Å². The predicted molar refractivity (Wildman–Crippen MR) is 72.0 cm³/mol. The molecule has 0 spiro atoms. The standard InChI is InChI=1S/C11H15N5O3S/c1-4-19-10-7-12-6-9(14-10)15-20(17,18)11-8(2)5-13-16(11)3/h5-7H,4H2,1-3H3,(H,14,15). The van der Waals surface area contributed by atoms with Crippen LogP contribution in [0.1, 0.15) is 12.5 Å². The number of aryl methyl sites for hydroxylation is 2. The minimum atomic E-state index is -3.77. The molecule has 0 amide bonds. The summed E-state index contributed by atoms with van der Waals surface area (Å²) >= 11 is 0. The molecule has 0 saturated heterocycles. The summed E-state index contributed by atoms with van der Waals surface area (Å²) in [6.45, 7) is 3.90. The molecule has 0 radical (unpaired) electrons. The largest absolute Gasteiger partial charge is 0.477 e. The Balaban J connectivity index is 2.31. The van der Waals surface area contributed by atoms with Crippen molar-refractivity contribution in [3.05, 3.63) is 24.2 Å². The van der Waals surface area contributed by atoms with Crippen LogP contribution in [0, 0.1) is 6.92 Å². The Morgan fingerprint density at radius 1 is 1.35 bits per heavy atom. The van der Waals surface area contributed by atoms with Gasteiger partial charge in [0.25, 0.3) is 10.0 Å². The number of nitrogens with one attached hydrogen (secondary N) is 1. The smallest absolute Gasteiger partial charge is 0.280 e. The highest BCUT2D eigenvalue weighted by atomic mass is 32.2. The molecule has 20 heavy (non-hydrogen) atoms. The quantitative estimate of drug-likeness (QED) is 0.873. The molecule has 0 aliphatic carbocycles. The van der Waals surface area contributed by atoms with Crippen LogP contribution in [0.15, 0.2) is 23.6 Å². The molecule has 0 aromatic carbocycles. The Morgan fingerprint density at radius 2 is 2.10 bits per heavy atom. The Morgan fingerprint density at radius 3 is 2.70 bits per heavy atom. The molecule has 9 heteroatoms.